The fourth-order valence-corrected chi connectivity index (χ4v) is 4.46. The van der Waals surface area contributed by atoms with Crippen LogP contribution in [0.25, 0.3) is 0 Å². The van der Waals surface area contributed by atoms with Crippen LogP contribution >= 0.6 is 0 Å². The lowest BCUT2D eigenvalue weighted by atomic mass is 9.92. The van der Waals surface area contributed by atoms with E-state index in [-0.39, 0.29) is 10.9 Å². The fraction of sp³-hybridized carbons (Fsp3) is 0.650. The molecule has 0 aliphatic carbocycles. The Balaban J connectivity index is 1.38. The van der Waals surface area contributed by atoms with Crippen LogP contribution in [0.4, 0.5) is 14.9 Å². The molecule has 0 unspecified atom stereocenters. The van der Waals surface area contributed by atoms with Gasteiger partial charge in [-0.2, -0.15) is 0 Å². The molecule has 0 saturated carbocycles. The first-order chi connectivity index (χ1) is 13.5. The number of anilines is 1. The number of carbonyl (C=O) groups is 1. The zero-order valence-corrected chi connectivity index (χ0v) is 17.3. The number of hydrogen-bond acceptors (Lipinski definition) is 4. The lowest BCUT2D eigenvalue weighted by Gasteiger charge is -2.33. The van der Waals surface area contributed by atoms with Crippen molar-refractivity contribution in [2.75, 3.05) is 57.5 Å². The first-order valence-electron chi connectivity index (χ1n) is 10.0. The van der Waals surface area contributed by atoms with Gasteiger partial charge in [-0.15, -0.1) is 0 Å². The van der Waals surface area contributed by atoms with E-state index in [1.54, 1.807) is 11.0 Å². The highest BCUT2D eigenvalue weighted by molar-refractivity contribution is 7.84. The Morgan fingerprint density at radius 2 is 1.96 bits per heavy atom. The zero-order valence-electron chi connectivity index (χ0n) is 16.5. The molecule has 156 valence electrons. The summed E-state index contributed by atoms with van der Waals surface area (Å²) in [6.45, 7) is 6.35. The Hall–Kier alpha value is -1.51. The highest BCUT2D eigenvalue weighted by Crippen LogP contribution is 2.23. The van der Waals surface area contributed by atoms with Gasteiger partial charge in [0.2, 0.25) is 0 Å². The second kappa shape index (κ2) is 10.3. The van der Waals surface area contributed by atoms with Crippen molar-refractivity contribution >= 4 is 22.5 Å². The van der Waals surface area contributed by atoms with Gasteiger partial charge in [0, 0.05) is 38.1 Å². The van der Waals surface area contributed by atoms with Crippen molar-refractivity contribution in [2.24, 2.45) is 5.92 Å². The third-order valence-electron chi connectivity index (χ3n) is 5.59. The summed E-state index contributed by atoms with van der Waals surface area (Å²) < 4.78 is 30.7. The van der Waals surface area contributed by atoms with Gasteiger partial charge in [-0.25, -0.2) is 9.18 Å². The number of likely N-dealkylation sites (tertiary alicyclic amines) is 1. The molecular formula is C20H30FN3O3S. The summed E-state index contributed by atoms with van der Waals surface area (Å²) in [6, 6.07) is 4.08. The number of rotatable bonds is 6. The predicted octanol–water partition coefficient (Wildman–Crippen LogP) is 2.92. The van der Waals surface area contributed by atoms with Gasteiger partial charge in [-0.3, -0.25) is 9.11 Å². The zero-order chi connectivity index (χ0) is 19.9. The van der Waals surface area contributed by atoms with Gasteiger partial charge in [-0.1, -0.05) is 0 Å². The van der Waals surface area contributed by atoms with Crippen LogP contribution in [0.5, 0.6) is 0 Å². The number of halogens is 1. The number of carbonyl (C=O) groups excluding carboxylic acids is 1. The molecule has 2 amide bonds. The normalized spacial score (nSPS) is 20.1. The largest absolute Gasteiger partial charge is 0.379 e. The molecule has 2 heterocycles. The minimum Gasteiger partial charge on any atom is -0.379 e. The van der Waals surface area contributed by atoms with E-state index in [9.17, 15) is 13.4 Å². The Labute approximate surface area is 168 Å². The predicted molar refractivity (Wildman–Crippen MR) is 109 cm³/mol. The molecule has 2 aliphatic heterocycles. The molecule has 2 fully saturated rings. The molecule has 1 aromatic carbocycles. The molecule has 8 heteroatoms. The monoisotopic (exact) mass is 411 g/mol. The summed E-state index contributed by atoms with van der Waals surface area (Å²) in [6.07, 6.45) is 5.86. The maximum atomic E-state index is 13.9. The first-order valence-corrected chi connectivity index (χ1v) is 11.6. The van der Waals surface area contributed by atoms with Crippen molar-refractivity contribution in [1.29, 1.82) is 0 Å². The van der Waals surface area contributed by atoms with E-state index in [4.69, 9.17) is 4.74 Å². The van der Waals surface area contributed by atoms with Gasteiger partial charge >= 0.3 is 6.03 Å². The van der Waals surface area contributed by atoms with Crippen molar-refractivity contribution in [3.8, 4) is 0 Å². The highest BCUT2D eigenvalue weighted by atomic mass is 32.2. The average molecular weight is 412 g/mol. The number of piperidine rings is 1. The van der Waals surface area contributed by atoms with Crippen molar-refractivity contribution < 1.29 is 18.1 Å². The van der Waals surface area contributed by atoms with Crippen LogP contribution in [0, 0.1) is 11.7 Å². The Bertz CT molecular complexity index is 689. The molecule has 28 heavy (non-hydrogen) atoms. The molecule has 0 bridgehead atoms. The summed E-state index contributed by atoms with van der Waals surface area (Å²) in [5.74, 6) is 0.110. The number of benzene rings is 1. The van der Waals surface area contributed by atoms with Gasteiger partial charge in [0.25, 0.3) is 0 Å². The number of nitrogens with one attached hydrogen (secondary N) is 1. The standard InChI is InChI=1S/C20H30FN3O3S/c1-28(26)19-5-4-17(15-18(19)21)22-20(25)24-9-6-16(7-10-24)3-2-8-23-11-13-27-14-12-23/h4-5,15-16H,2-3,6-14H2,1H3,(H,22,25)/t28-/m0/s1. The molecule has 0 spiro atoms. The number of urea groups is 1. The molecule has 2 aliphatic rings. The number of amides is 2. The van der Waals surface area contributed by atoms with Crippen LogP contribution in [-0.2, 0) is 15.5 Å². The number of ether oxygens (including phenoxy) is 1. The quantitative estimate of drug-likeness (QED) is 0.782. The summed E-state index contributed by atoms with van der Waals surface area (Å²) in [4.78, 5) is 16.8. The molecule has 0 radical (unpaired) electrons. The maximum absolute atomic E-state index is 13.9. The highest BCUT2D eigenvalue weighted by Gasteiger charge is 2.23. The maximum Gasteiger partial charge on any atom is 0.321 e. The summed E-state index contributed by atoms with van der Waals surface area (Å²) >= 11 is 0. The van der Waals surface area contributed by atoms with Crippen molar-refractivity contribution in [1.82, 2.24) is 9.80 Å². The van der Waals surface area contributed by atoms with Gasteiger partial charge in [-0.05, 0) is 56.3 Å². The van der Waals surface area contributed by atoms with Crippen LogP contribution in [0.2, 0.25) is 0 Å². The van der Waals surface area contributed by atoms with E-state index < -0.39 is 16.6 Å². The Morgan fingerprint density at radius 3 is 2.61 bits per heavy atom. The molecule has 0 aromatic heterocycles. The third-order valence-corrected chi connectivity index (χ3v) is 6.54. The third kappa shape index (κ3) is 5.99. The van der Waals surface area contributed by atoms with Gasteiger partial charge in [0.05, 0.1) is 28.9 Å². The van der Waals surface area contributed by atoms with Gasteiger partial charge in [0.1, 0.15) is 5.82 Å². The molecule has 3 rings (SSSR count). The first kappa shape index (κ1) is 21.2. The summed E-state index contributed by atoms with van der Waals surface area (Å²) in [7, 11) is -1.38. The van der Waals surface area contributed by atoms with Crippen LogP contribution in [0.15, 0.2) is 23.1 Å². The lowest BCUT2D eigenvalue weighted by molar-refractivity contribution is 0.0363. The van der Waals surface area contributed by atoms with E-state index in [2.05, 4.69) is 10.2 Å². The lowest BCUT2D eigenvalue weighted by Crippen LogP contribution is -2.41. The van der Waals surface area contributed by atoms with Gasteiger partial charge < -0.3 is 15.0 Å². The van der Waals surface area contributed by atoms with E-state index in [0.717, 1.165) is 58.8 Å². The molecule has 1 aromatic rings. The molecule has 1 N–H and O–H groups in total. The molecule has 1 atom stereocenters. The number of hydrogen-bond donors (Lipinski definition) is 1. The summed E-state index contributed by atoms with van der Waals surface area (Å²) in [5, 5.41) is 2.75. The van der Waals surface area contributed by atoms with Crippen molar-refractivity contribution in [3.63, 3.8) is 0 Å². The molecule has 2 saturated heterocycles. The van der Waals surface area contributed by atoms with Crippen molar-refractivity contribution in [3.05, 3.63) is 24.0 Å². The van der Waals surface area contributed by atoms with E-state index >= 15 is 0 Å². The second-order valence-electron chi connectivity index (χ2n) is 7.56. The Kier molecular flexibility index (Phi) is 7.82. The van der Waals surface area contributed by atoms with Gasteiger partial charge in [0.15, 0.2) is 0 Å². The SMILES string of the molecule is C[S@](=O)c1ccc(NC(=O)N2CCC(CCCN3CCOCC3)CC2)cc1F. The van der Waals surface area contributed by atoms with E-state index in [1.165, 1.54) is 31.2 Å². The number of morpholine rings is 1. The molecule has 6 nitrogen and oxygen atoms in total. The van der Waals surface area contributed by atoms with Crippen LogP contribution in [0.3, 0.4) is 0 Å². The topological polar surface area (TPSA) is 61.9 Å². The smallest absolute Gasteiger partial charge is 0.321 e. The minimum absolute atomic E-state index is 0.149. The second-order valence-corrected chi connectivity index (χ2v) is 8.90. The molecular weight excluding hydrogens is 381 g/mol. The fourth-order valence-electron chi connectivity index (χ4n) is 3.87. The van der Waals surface area contributed by atoms with Crippen molar-refractivity contribution in [2.45, 2.75) is 30.6 Å². The number of nitrogens with zero attached hydrogens (tertiary/aromatic N) is 2. The van der Waals surface area contributed by atoms with Crippen LogP contribution < -0.4 is 5.32 Å². The summed E-state index contributed by atoms with van der Waals surface area (Å²) in [5.41, 5.74) is 0.393. The van der Waals surface area contributed by atoms with Crippen LogP contribution in [-0.4, -0.2) is 72.2 Å². The average Bonchev–Trinajstić information content (AvgIpc) is 2.69. The Morgan fingerprint density at radius 1 is 1.25 bits per heavy atom. The van der Waals surface area contributed by atoms with E-state index in [0.29, 0.717) is 11.6 Å². The van der Waals surface area contributed by atoms with E-state index in [1.807, 2.05) is 0 Å². The minimum atomic E-state index is -1.38. The van der Waals surface area contributed by atoms with Crippen LogP contribution in [0.1, 0.15) is 25.7 Å².